The maximum Gasteiger partial charge on any atom is 0.257 e. The lowest BCUT2D eigenvalue weighted by Gasteiger charge is -2.28. The first kappa shape index (κ1) is 19.3. The van der Waals surface area contributed by atoms with Gasteiger partial charge in [0.1, 0.15) is 17.3 Å². The van der Waals surface area contributed by atoms with Crippen LogP contribution in [-0.2, 0) is 11.2 Å². The molecule has 0 amide bonds. The molecule has 0 spiro atoms. The molecule has 0 aliphatic rings. The Balaban J connectivity index is 2.37. The van der Waals surface area contributed by atoms with Crippen LogP contribution in [0.4, 0.5) is 10.1 Å². The van der Waals surface area contributed by atoms with Crippen molar-refractivity contribution in [2.24, 2.45) is 5.92 Å². The lowest BCUT2D eigenvalue weighted by atomic mass is 10.1. The van der Waals surface area contributed by atoms with Crippen molar-refractivity contribution in [2.75, 3.05) is 30.6 Å². The largest absolute Gasteiger partial charge is 0.617 e. The maximum absolute atomic E-state index is 13.4. The molecule has 0 radical (unpaired) electrons. The number of ether oxygens (including phenoxy) is 1. The fraction of sp³-hybridized carbons (Fsp3) is 0.412. The highest BCUT2D eigenvalue weighted by molar-refractivity contribution is 7.90. The lowest BCUT2D eigenvalue weighted by Crippen LogP contribution is -2.28. The summed E-state index contributed by atoms with van der Waals surface area (Å²) in [6.45, 7) is 8.77. The summed E-state index contributed by atoms with van der Waals surface area (Å²) in [6.07, 6.45) is 6.08. The molecule has 0 fully saturated rings. The van der Waals surface area contributed by atoms with Gasteiger partial charge in [-0.2, -0.15) is 0 Å². The summed E-state index contributed by atoms with van der Waals surface area (Å²) >= 11 is -0.915. The summed E-state index contributed by atoms with van der Waals surface area (Å²) in [5, 5.41) is 4.36. The maximum atomic E-state index is 13.4. The Bertz CT molecular complexity index is 735. The number of methoxy groups -OCH3 is 1. The number of pyridine rings is 1. The second-order valence-electron chi connectivity index (χ2n) is 5.71. The van der Waals surface area contributed by atoms with Crippen LogP contribution in [0.2, 0.25) is 0 Å². The zero-order chi connectivity index (χ0) is 18.6. The van der Waals surface area contributed by atoms with Gasteiger partial charge >= 0.3 is 0 Å². The molecule has 25 heavy (non-hydrogen) atoms. The van der Waals surface area contributed by atoms with Crippen LogP contribution in [0.1, 0.15) is 13.8 Å². The Morgan fingerprint density at radius 2 is 2.24 bits per heavy atom. The van der Waals surface area contributed by atoms with Crippen LogP contribution < -0.4 is 9.64 Å². The molecule has 6 nitrogen and oxygen atoms in total. The quantitative estimate of drug-likeness (QED) is 0.672. The average molecular weight is 366 g/mol. The van der Waals surface area contributed by atoms with Crippen molar-refractivity contribution in [3.63, 3.8) is 0 Å². The molecular formula is C17H23FN4O2S. The van der Waals surface area contributed by atoms with Crippen molar-refractivity contribution in [1.82, 2.24) is 14.8 Å². The molecule has 2 heterocycles. The number of halogens is 1. The van der Waals surface area contributed by atoms with Gasteiger partial charge in [-0.25, -0.2) is 9.07 Å². The molecule has 8 heteroatoms. The van der Waals surface area contributed by atoms with E-state index in [1.165, 1.54) is 24.1 Å². The molecule has 0 aliphatic carbocycles. The molecule has 0 saturated carbocycles. The van der Waals surface area contributed by atoms with E-state index in [1.807, 2.05) is 18.7 Å². The van der Waals surface area contributed by atoms with E-state index in [0.717, 1.165) is 11.9 Å². The monoisotopic (exact) mass is 366 g/mol. The van der Waals surface area contributed by atoms with E-state index >= 15 is 0 Å². The standard InChI is InChI=1S/C17H23FN4O2S/c1-6-21(13(3)12(2)11-25(5)23)16-10-22(20-17(16)24-4)15-7-14(18)8-19-9-15/h7-10,12H,3,6,11H2,1-2,4-5H3. The number of anilines is 1. The smallest absolute Gasteiger partial charge is 0.257 e. The zero-order valence-electron chi connectivity index (χ0n) is 14.9. The minimum Gasteiger partial charge on any atom is -0.617 e. The highest BCUT2D eigenvalue weighted by Gasteiger charge is 2.23. The van der Waals surface area contributed by atoms with Gasteiger partial charge in [0, 0.05) is 24.2 Å². The van der Waals surface area contributed by atoms with Gasteiger partial charge < -0.3 is 14.2 Å². The topological polar surface area (TPSA) is 66.2 Å². The summed E-state index contributed by atoms with van der Waals surface area (Å²) in [4.78, 5) is 5.81. The van der Waals surface area contributed by atoms with Crippen molar-refractivity contribution >= 4 is 16.9 Å². The number of aromatic nitrogens is 3. The van der Waals surface area contributed by atoms with E-state index < -0.39 is 17.0 Å². The summed E-state index contributed by atoms with van der Waals surface area (Å²) in [5.74, 6) is 0.524. The molecule has 136 valence electrons. The second-order valence-corrected chi connectivity index (χ2v) is 7.19. The van der Waals surface area contributed by atoms with E-state index in [4.69, 9.17) is 4.74 Å². The van der Waals surface area contributed by atoms with Crippen LogP contribution in [0.5, 0.6) is 5.88 Å². The predicted molar refractivity (Wildman–Crippen MR) is 98.1 cm³/mol. The summed E-state index contributed by atoms with van der Waals surface area (Å²) < 4.78 is 31.9. The minimum absolute atomic E-state index is 0.0367. The Hall–Kier alpha value is -2.06. The van der Waals surface area contributed by atoms with Crippen LogP contribution in [-0.4, -0.2) is 45.0 Å². The minimum atomic E-state index is -0.915. The Morgan fingerprint density at radius 1 is 1.52 bits per heavy atom. The van der Waals surface area contributed by atoms with Gasteiger partial charge in [-0.05, 0) is 6.92 Å². The molecule has 2 aromatic heterocycles. The molecule has 0 N–H and O–H groups in total. The van der Waals surface area contributed by atoms with Gasteiger partial charge in [-0.3, -0.25) is 4.98 Å². The third-order valence-corrected chi connectivity index (χ3v) is 4.79. The van der Waals surface area contributed by atoms with E-state index in [1.54, 1.807) is 12.5 Å². The van der Waals surface area contributed by atoms with E-state index in [0.29, 0.717) is 29.6 Å². The van der Waals surface area contributed by atoms with Gasteiger partial charge in [0.25, 0.3) is 5.88 Å². The molecule has 2 rings (SSSR count). The number of nitrogens with zero attached hydrogens (tertiary/aromatic N) is 4. The third kappa shape index (κ3) is 4.52. The molecule has 2 unspecified atom stereocenters. The van der Waals surface area contributed by atoms with Crippen LogP contribution in [0.3, 0.4) is 0 Å². The summed E-state index contributed by atoms with van der Waals surface area (Å²) in [5.41, 5.74) is 2.04. The van der Waals surface area contributed by atoms with Crippen molar-refractivity contribution in [3.05, 3.63) is 42.8 Å². The highest BCUT2D eigenvalue weighted by atomic mass is 32.2. The molecular weight excluding hydrogens is 343 g/mol. The average Bonchev–Trinajstić information content (AvgIpc) is 2.99. The van der Waals surface area contributed by atoms with Gasteiger partial charge in [0.2, 0.25) is 0 Å². The van der Waals surface area contributed by atoms with Gasteiger partial charge in [-0.1, -0.05) is 24.7 Å². The van der Waals surface area contributed by atoms with Crippen LogP contribution in [0.15, 0.2) is 36.9 Å². The van der Waals surface area contributed by atoms with Crippen molar-refractivity contribution in [3.8, 4) is 11.6 Å². The van der Waals surface area contributed by atoms with Gasteiger partial charge in [0.15, 0.2) is 0 Å². The molecule has 2 atom stereocenters. The first-order valence-electron chi connectivity index (χ1n) is 7.88. The number of rotatable bonds is 8. The first-order valence-corrected chi connectivity index (χ1v) is 9.61. The Labute approximate surface area is 150 Å². The predicted octanol–water partition coefficient (Wildman–Crippen LogP) is 2.77. The SMILES string of the molecule is C=C(C(C)C[S+](C)[O-])N(CC)c1cn(-c2cncc(F)c2)nc1OC. The lowest BCUT2D eigenvalue weighted by molar-refractivity contribution is 0.394. The fourth-order valence-corrected chi connectivity index (χ4v) is 3.48. The molecule has 0 saturated heterocycles. The normalized spacial score (nSPS) is 13.4. The fourth-order valence-electron chi connectivity index (χ4n) is 2.58. The van der Waals surface area contributed by atoms with Crippen molar-refractivity contribution < 1.29 is 13.7 Å². The summed E-state index contributed by atoms with van der Waals surface area (Å²) in [7, 11) is 1.53. The highest BCUT2D eigenvalue weighted by Crippen LogP contribution is 2.32. The van der Waals surface area contributed by atoms with Crippen molar-refractivity contribution in [1.29, 1.82) is 0 Å². The number of hydrogen-bond donors (Lipinski definition) is 0. The van der Waals surface area contributed by atoms with Crippen molar-refractivity contribution in [2.45, 2.75) is 13.8 Å². The first-order chi connectivity index (χ1) is 11.9. The van der Waals surface area contributed by atoms with E-state index in [2.05, 4.69) is 16.7 Å². The van der Waals surface area contributed by atoms with Crippen LogP contribution in [0.25, 0.3) is 5.69 Å². The van der Waals surface area contributed by atoms with E-state index in [9.17, 15) is 8.94 Å². The molecule has 0 aliphatic heterocycles. The van der Waals surface area contributed by atoms with E-state index in [-0.39, 0.29) is 5.92 Å². The third-order valence-electron chi connectivity index (χ3n) is 3.82. The molecule has 0 aromatic carbocycles. The van der Waals surface area contributed by atoms with Gasteiger partial charge in [-0.15, -0.1) is 5.10 Å². The molecule has 0 bridgehead atoms. The number of hydrogen-bond acceptors (Lipinski definition) is 5. The van der Waals surface area contributed by atoms with Gasteiger partial charge in [0.05, 0.1) is 37.6 Å². The second kappa shape index (κ2) is 8.35. The van der Waals surface area contributed by atoms with Crippen LogP contribution >= 0.6 is 0 Å². The summed E-state index contributed by atoms with van der Waals surface area (Å²) in [6, 6.07) is 1.34. The molecule has 2 aromatic rings. The number of allylic oxidation sites excluding steroid dienone is 1. The zero-order valence-corrected chi connectivity index (χ0v) is 15.7. The Morgan fingerprint density at radius 3 is 2.80 bits per heavy atom. The van der Waals surface area contributed by atoms with Crippen LogP contribution in [0, 0.1) is 11.7 Å². The Kier molecular flexibility index (Phi) is 6.44.